The van der Waals surface area contributed by atoms with Crippen LogP contribution in [0.25, 0.3) is 11.3 Å². The number of nitrogens with zero attached hydrogens (tertiary/aromatic N) is 2. The van der Waals surface area contributed by atoms with Crippen molar-refractivity contribution in [3.05, 3.63) is 36.3 Å². The lowest BCUT2D eigenvalue weighted by Gasteiger charge is -2.21. The second-order valence-corrected chi connectivity index (χ2v) is 5.20. The molecule has 0 aliphatic rings. The molecule has 0 radical (unpaired) electrons. The fourth-order valence-electron chi connectivity index (χ4n) is 2.11. The van der Waals surface area contributed by atoms with Crippen molar-refractivity contribution in [2.24, 2.45) is 5.92 Å². The highest BCUT2D eigenvalue weighted by Gasteiger charge is 2.14. The summed E-state index contributed by atoms with van der Waals surface area (Å²) in [6, 6.07) is 4.28. The molecule has 0 fully saturated rings. The Morgan fingerprint density at radius 3 is 2.85 bits per heavy atom. The third-order valence-electron chi connectivity index (χ3n) is 3.37. The standard InChI is InChI=1S/C15H22N4O/c1-11(2)14(10-20-3)17-8-13-9-18-19-15(13)12-5-4-6-16-7-12/h4-7,9,11,14,17H,8,10H2,1-3H3,(H,18,19). The quantitative estimate of drug-likeness (QED) is 0.812. The summed E-state index contributed by atoms with van der Waals surface area (Å²) >= 11 is 0. The molecule has 2 rings (SSSR count). The number of aromatic amines is 1. The van der Waals surface area contributed by atoms with Crippen LogP contribution in [0, 0.1) is 5.92 Å². The predicted molar refractivity (Wildman–Crippen MR) is 79.2 cm³/mol. The van der Waals surface area contributed by atoms with Gasteiger partial charge in [0.25, 0.3) is 0 Å². The van der Waals surface area contributed by atoms with Crippen LogP contribution < -0.4 is 5.32 Å². The molecule has 5 heteroatoms. The first kappa shape index (κ1) is 14.7. The molecule has 0 aliphatic heterocycles. The zero-order valence-electron chi connectivity index (χ0n) is 12.3. The highest BCUT2D eigenvalue weighted by atomic mass is 16.5. The summed E-state index contributed by atoms with van der Waals surface area (Å²) in [6.07, 6.45) is 5.47. The largest absolute Gasteiger partial charge is 0.383 e. The maximum Gasteiger partial charge on any atom is 0.0710 e. The van der Waals surface area contributed by atoms with Crippen molar-refractivity contribution in [2.45, 2.75) is 26.4 Å². The Morgan fingerprint density at radius 2 is 2.20 bits per heavy atom. The van der Waals surface area contributed by atoms with Gasteiger partial charge in [-0.15, -0.1) is 0 Å². The van der Waals surface area contributed by atoms with Crippen molar-refractivity contribution in [1.82, 2.24) is 20.5 Å². The smallest absolute Gasteiger partial charge is 0.0710 e. The van der Waals surface area contributed by atoms with Gasteiger partial charge < -0.3 is 10.1 Å². The normalized spacial score (nSPS) is 12.8. The number of hydrogen-bond donors (Lipinski definition) is 2. The van der Waals surface area contributed by atoms with Gasteiger partial charge in [-0.05, 0) is 18.1 Å². The molecule has 0 saturated heterocycles. The van der Waals surface area contributed by atoms with E-state index in [-0.39, 0.29) is 0 Å². The van der Waals surface area contributed by atoms with E-state index < -0.39 is 0 Å². The molecule has 2 N–H and O–H groups in total. The van der Waals surface area contributed by atoms with E-state index in [1.165, 1.54) is 0 Å². The van der Waals surface area contributed by atoms with E-state index >= 15 is 0 Å². The van der Waals surface area contributed by atoms with Gasteiger partial charge in [0, 0.05) is 43.2 Å². The van der Waals surface area contributed by atoms with Gasteiger partial charge >= 0.3 is 0 Å². The predicted octanol–water partition coefficient (Wildman–Crippen LogP) is 2.23. The van der Waals surface area contributed by atoms with Gasteiger partial charge in [0.1, 0.15) is 0 Å². The number of rotatable bonds is 7. The van der Waals surface area contributed by atoms with Crippen LogP contribution in [0.3, 0.4) is 0 Å². The van der Waals surface area contributed by atoms with E-state index in [0.717, 1.165) is 23.4 Å². The zero-order chi connectivity index (χ0) is 14.4. The fourth-order valence-corrected chi connectivity index (χ4v) is 2.11. The van der Waals surface area contributed by atoms with Crippen molar-refractivity contribution in [1.29, 1.82) is 0 Å². The van der Waals surface area contributed by atoms with Gasteiger partial charge in [0.05, 0.1) is 18.5 Å². The van der Waals surface area contributed by atoms with E-state index in [1.807, 2.05) is 24.5 Å². The van der Waals surface area contributed by atoms with Crippen LogP contribution in [0.4, 0.5) is 0 Å². The third-order valence-corrected chi connectivity index (χ3v) is 3.37. The maximum atomic E-state index is 5.25. The van der Waals surface area contributed by atoms with Crippen LogP contribution in [0.1, 0.15) is 19.4 Å². The summed E-state index contributed by atoms with van der Waals surface area (Å²) in [5, 5.41) is 10.7. The molecule has 20 heavy (non-hydrogen) atoms. The molecule has 1 unspecified atom stereocenters. The summed E-state index contributed by atoms with van der Waals surface area (Å²) in [7, 11) is 1.73. The molecule has 5 nitrogen and oxygen atoms in total. The molecule has 2 aromatic heterocycles. The van der Waals surface area contributed by atoms with Crippen LogP contribution in [-0.2, 0) is 11.3 Å². The average Bonchev–Trinajstić information content (AvgIpc) is 2.92. The van der Waals surface area contributed by atoms with Crippen molar-refractivity contribution in [2.75, 3.05) is 13.7 Å². The second kappa shape index (κ2) is 7.17. The molecule has 0 bridgehead atoms. The van der Waals surface area contributed by atoms with Crippen molar-refractivity contribution >= 4 is 0 Å². The summed E-state index contributed by atoms with van der Waals surface area (Å²) in [4.78, 5) is 4.15. The minimum Gasteiger partial charge on any atom is -0.383 e. The number of H-pyrrole nitrogens is 1. The topological polar surface area (TPSA) is 62.8 Å². The Kier molecular flexibility index (Phi) is 5.26. The highest BCUT2D eigenvalue weighted by molar-refractivity contribution is 5.61. The molecule has 2 aromatic rings. The lowest BCUT2D eigenvalue weighted by atomic mass is 10.0. The number of aromatic nitrogens is 3. The molecule has 0 spiro atoms. The van der Waals surface area contributed by atoms with E-state index in [1.54, 1.807) is 13.3 Å². The van der Waals surface area contributed by atoms with Gasteiger partial charge in [0.15, 0.2) is 0 Å². The lowest BCUT2D eigenvalue weighted by molar-refractivity contribution is 0.146. The Morgan fingerprint density at radius 1 is 1.35 bits per heavy atom. The SMILES string of the molecule is COCC(NCc1cn[nH]c1-c1cccnc1)C(C)C. The Hall–Kier alpha value is -1.72. The van der Waals surface area contributed by atoms with Crippen LogP contribution in [0.15, 0.2) is 30.7 Å². The van der Waals surface area contributed by atoms with Crippen LogP contribution >= 0.6 is 0 Å². The highest BCUT2D eigenvalue weighted by Crippen LogP contribution is 2.19. The minimum absolute atomic E-state index is 0.330. The molecule has 0 aliphatic carbocycles. The number of pyridine rings is 1. The molecule has 0 saturated carbocycles. The van der Waals surface area contributed by atoms with E-state index in [2.05, 4.69) is 34.3 Å². The number of hydrogen-bond acceptors (Lipinski definition) is 4. The van der Waals surface area contributed by atoms with Crippen molar-refractivity contribution in [3.63, 3.8) is 0 Å². The molecule has 2 heterocycles. The summed E-state index contributed by atoms with van der Waals surface area (Å²) < 4.78 is 5.25. The lowest BCUT2D eigenvalue weighted by Crippen LogP contribution is -2.37. The first-order chi connectivity index (χ1) is 9.72. The summed E-state index contributed by atoms with van der Waals surface area (Å²) in [5.74, 6) is 0.517. The fraction of sp³-hybridized carbons (Fsp3) is 0.467. The van der Waals surface area contributed by atoms with Crippen LogP contribution in [-0.4, -0.2) is 34.9 Å². The van der Waals surface area contributed by atoms with E-state index in [9.17, 15) is 0 Å². The molecule has 0 aromatic carbocycles. The Balaban J connectivity index is 2.06. The zero-order valence-corrected chi connectivity index (χ0v) is 12.3. The monoisotopic (exact) mass is 274 g/mol. The van der Waals surface area contributed by atoms with Gasteiger partial charge in [-0.25, -0.2) is 0 Å². The number of nitrogens with one attached hydrogen (secondary N) is 2. The first-order valence-electron chi connectivity index (χ1n) is 6.87. The molecule has 1 atom stereocenters. The second-order valence-electron chi connectivity index (χ2n) is 5.20. The van der Waals surface area contributed by atoms with Crippen molar-refractivity contribution < 1.29 is 4.74 Å². The number of ether oxygens (including phenoxy) is 1. The Bertz CT molecular complexity index is 510. The molecule has 108 valence electrons. The number of methoxy groups -OCH3 is 1. The van der Waals surface area contributed by atoms with Gasteiger partial charge in [-0.2, -0.15) is 5.10 Å². The van der Waals surface area contributed by atoms with Crippen molar-refractivity contribution in [3.8, 4) is 11.3 Å². The van der Waals surface area contributed by atoms with Gasteiger partial charge in [-0.1, -0.05) is 13.8 Å². The third kappa shape index (κ3) is 3.65. The molecule has 0 amide bonds. The molecular weight excluding hydrogens is 252 g/mol. The summed E-state index contributed by atoms with van der Waals surface area (Å²) in [5.41, 5.74) is 3.21. The minimum atomic E-state index is 0.330. The van der Waals surface area contributed by atoms with E-state index in [0.29, 0.717) is 18.6 Å². The Labute approximate surface area is 119 Å². The summed E-state index contributed by atoms with van der Waals surface area (Å²) in [6.45, 7) is 5.84. The van der Waals surface area contributed by atoms with Gasteiger partial charge in [-0.3, -0.25) is 10.1 Å². The van der Waals surface area contributed by atoms with Crippen LogP contribution in [0.2, 0.25) is 0 Å². The van der Waals surface area contributed by atoms with Gasteiger partial charge in [0.2, 0.25) is 0 Å². The first-order valence-corrected chi connectivity index (χ1v) is 6.87. The molecular formula is C15H22N4O. The average molecular weight is 274 g/mol. The van der Waals surface area contributed by atoms with E-state index in [4.69, 9.17) is 4.74 Å². The maximum absolute atomic E-state index is 5.25. The van der Waals surface area contributed by atoms with Crippen LogP contribution in [0.5, 0.6) is 0 Å².